The summed E-state index contributed by atoms with van der Waals surface area (Å²) >= 11 is 0. The van der Waals surface area contributed by atoms with Gasteiger partial charge in [-0.2, -0.15) is 43.2 Å². The number of hydrogen-bond acceptors (Lipinski definition) is 20. The van der Waals surface area contributed by atoms with Crippen LogP contribution in [0.4, 0.5) is 26.3 Å². The van der Waals surface area contributed by atoms with Gasteiger partial charge in [0.15, 0.2) is 23.0 Å². The molecule has 4 aromatic rings. The summed E-state index contributed by atoms with van der Waals surface area (Å²) in [4.78, 5) is 15.3. The largest absolute Gasteiger partial charge is 0.522 e. The predicted molar refractivity (Wildman–Crippen MR) is 290 cm³/mol. The number of likely N-dealkylation sites (tertiary alicyclic amines) is 2. The van der Waals surface area contributed by atoms with E-state index in [0.717, 1.165) is 59.8 Å². The minimum Gasteiger partial charge on any atom is -0.487 e. The Morgan fingerprint density at radius 2 is 0.671 bits per heavy atom. The molecule has 1 radical (unpaired) electrons. The van der Waals surface area contributed by atoms with Crippen LogP contribution >= 0.6 is 0 Å². The number of halogens is 6. The van der Waals surface area contributed by atoms with E-state index in [9.17, 15) is 26.3 Å². The number of ether oxygens (including phenoxy) is 12. The smallest absolute Gasteiger partial charge is 0.487 e. The second kappa shape index (κ2) is 36.7. The average Bonchev–Trinajstić information content (AvgIpc) is 4.09. The van der Waals surface area contributed by atoms with Crippen LogP contribution in [0.3, 0.4) is 0 Å². The molecule has 22 nitrogen and oxygen atoms in total. The molecular formula is C54H72F6MnN4O18S2. The number of alkyl halides is 6. The first kappa shape index (κ1) is 71.2. The summed E-state index contributed by atoms with van der Waals surface area (Å²) in [5.41, 5.74) is -4.87. The van der Waals surface area contributed by atoms with Gasteiger partial charge in [0.25, 0.3) is 0 Å². The number of nitrogens with zero attached hydrogens (tertiary/aromatic N) is 4. The van der Waals surface area contributed by atoms with Crippen molar-refractivity contribution in [1.82, 2.24) is 19.8 Å². The molecule has 0 amide bonds. The molecule has 2 aromatic heterocycles. The number of hydrogen-bond donors (Lipinski definition) is 2. The van der Waals surface area contributed by atoms with E-state index in [4.69, 9.17) is 92.8 Å². The van der Waals surface area contributed by atoms with E-state index >= 15 is 0 Å². The zero-order valence-corrected chi connectivity index (χ0v) is 49.4. The van der Waals surface area contributed by atoms with Crippen LogP contribution in [0.5, 0.6) is 23.0 Å². The summed E-state index contributed by atoms with van der Waals surface area (Å²) in [7, 11) is -11.7. The fraction of sp³-hybridized carbons (Fsp3) is 0.593. The monoisotopic (exact) mass is 1300 g/mol. The maximum Gasteiger partial charge on any atom is 0.522 e. The normalized spacial score (nSPS) is 20.5. The van der Waals surface area contributed by atoms with Crippen LogP contribution in [-0.4, -0.2) is 214 Å². The predicted octanol–water partition coefficient (Wildman–Crippen LogP) is 6.90. The molecule has 8 rings (SSSR count). The van der Waals surface area contributed by atoms with Crippen LogP contribution < -0.4 is 18.9 Å². The van der Waals surface area contributed by atoms with Crippen LogP contribution in [0, 0.1) is 0 Å². The Hall–Kier alpha value is -4.54. The van der Waals surface area contributed by atoms with Gasteiger partial charge in [-0.05, 0) is 86.3 Å². The van der Waals surface area contributed by atoms with Gasteiger partial charge in [0.05, 0.1) is 117 Å². The van der Waals surface area contributed by atoms with Gasteiger partial charge in [-0.25, -0.2) is 0 Å². The Labute approximate surface area is 500 Å². The molecule has 2 aromatic carbocycles. The number of fused-ring (bicyclic) bond motifs is 2. The Morgan fingerprint density at radius 3 is 0.929 bits per heavy atom. The summed E-state index contributed by atoms with van der Waals surface area (Å²) in [6, 6.07) is 21.6. The van der Waals surface area contributed by atoms with Crippen LogP contribution in [0.2, 0.25) is 0 Å². The first-order valence-corrected chi connectivity index (χ1v) is 30.0. The first-order chi connectivity index (χ1) is 40.3. The molecule has 2 saturated heterocycles. The van der Waals surface area contributed by atoms with Gasteiger partial charge in [-0.15, -0.1) is 0 Å². The van der Waals surface area contributed by atoms with Crippen molar-refractivity contribution in [2.45, 2.75) is 61.9 Å². The average molecular weight is 1300 g/mol. The van der Waals surface area contributed by atoms with Crippen molar-refractivity contribution in [3.8, 4) is 45.3 Å². The van der Waals surface area contributed by atoms with Gasteiger partial charge in [0.1, 0.15) is 26.4 Å². The van der Waals surface area contributed by atoms with Gasteiger partial charge in [0, 0.05) is 65.8 Å². The van der Waals surface area contributed by atoms with E-state index in [1.165, 1.54) is 25.7 Å². The molecular weight excluding hydrogens is 1230 g/mol. The molecule has 2 N–H and O–H groups in total. The molecule has 0 unspecified atom stereocenters. The summed E-state index contributed by atoms with van der Waals surface area (Å²) < 4.78 is 185. The number of benzene rings is 2. The van der Waals surface area contributed by atoms with E-state index in [1.807, 2.05) is 36.7 Å². The summed E-state index contributed by atoms with van der Waals surface area (Å²) in [5.74, 6) is 2.65. The molecule has 0 aliphatic carbocycles. The Balaban J connectivity index is 0.000000681. The third-order valence-corrected chi connectivity index (χ3v) is 14.1. The fourth-order valence-corrected chi connectivity index (χ4v) is 8.97. The van der Waals surface area contributed by atoms with Gasteiger partial charge in [-0.3, -0.25) is 28.9 Å². The molecule has 31 heteroatoms. The van der Waals surface area contributed by atoms with Crippen molar-refractivity contribution in [1.29, 1.82) is 0 Å². The summed E-state index contributed by atoms with van der Waals surface area (Å²) in [6.45, 7) is 13.3. The van der Waals surface area contributed by atoms with E-state index in [0.29, 0.717) is 167 Å². The Bertz CT molecular complexity index is 2600. The van der Waals surface area contributed by atoms with Crippen LogP contribution in [0.15, 0.2) is 73.1 Å². The van der Waals surface area contributed by atoms with Crippen LogP contribution in [0.1, 0.15) is 37.1 Å². The number of pyridine rings is 2. The standard InChI is InChI=1S/C52H70N4O12.2CHF3O3S.Mn/c1-3-47(55(13-1)39-45-9-5-43(37-53-45)41-7-11-49-51(35-41)67-33-29-63-25-21-59-17-15-57-19-23-61-27-31-65-49)48-4-2-14-56(48)40-46-10-6-44(38-54-46)42-8-12-50-52(36-42)68-34-30-64-26-22-60-18-16-58-20-24-62-28-32-66-50;2*2-1(3,4)8(5,6)7;/h5-12,35-38,47-48H,1-4,13-34,39-40H2;2*(H,5,6,7);/t47-,48-;;;/m0.../s1. The van der Waals surface area contributed by atoms with Crippen LogP contribution in [0.25, 0.3) is 22.3 Å². The third-order valence-electron chi connectivity index (χ3n) is 13.0. The molecule has 0 bridgehead atoms. The summed E-state index contributed by atoms with van der Waals surface area (Å²) in [6.07, 6.45) is 8.71. The van der Waals surface area contributed by atoms with E-state index < -0.39 is 31.3 Å². The second-order valence-electron chi connectivity index (χ2n) is 18.9. The van der Waals surface area contributed by atoms with Crippen molar-refractivity contribution < 1.29 is 126 Å². The molecule has 0 saturated carbocycles. The topological polar surface area (TPSA) is 252 Å². The molecule has 4 aliphatic rings. The van der Waals surface area contributed by atoms with Crippen molar-refractivity contribution in [3.05, 3.63) is 84.4 Å². The van der Waals surface area contributed by atoms with Crippen molar-refractivity contribution in [2.24, 2.45) is 0 Å². The van der Waals surface area contributed by atoms with Crippen molar-refractivity contribution in [2.75, 3.05) is 145 Å². The van der Waals surface area contributed by atoms with Gasteiger partial charge < -0.3 is 56.8 Å². The van der Waals surface area contributed by atoms with E-state index in [1.54, 1.807) is 0 Å². The molecule has 2 fully saturated rings. The zero-order chi connectivity index (χ0) is 60.3. The minimum atomic E-state index is -5.84. The Morgan fingerprint density at radius 1 is 0.412 bits per heavy atom. The maximum atomic E-state index is 10.7. The quantitative estimate of drug-likeness (QED) is 0.0826. The SMILES string of the molecule is O=S(=O)(O)C(F)(F)F.O=S(=O)(O)C(F)(F)F.[Mn].c1cc(CN2CCC[C@H]2[C@@H]2CCCN2Cc2ccc(-c3ccc4c(c3)OCCOCCOCCOCCOCCO4)cn2)ncc1-c1ccc2c(c1)OCCOCCOCCOCCOCCO2. The molecule has 477 valence electrons. The molecule has 6 heterocycles. The van der Waals surface area contributed by atoms with E-state index in [2.05, 4.69) is 46.2 Å². The second-order valence-corrected chi connectivity index (χ2v) is 21.7. The molecule has 0 spiro atoms. The summed E-state index contributed by atoms with van der Waals surface area (Å²) in [5, 5.41) is 0. The maximum absolute atomic E-state index is 10.7. The number of rotatable bonds is 7. The first-order valence-electron chi connectivity index (χ1n) is 27.1. The number of aromatic nitrogens is 2. The fourth-order valence-electron chi connectivity index (χ4n) is 8.97. The van der Waals surface area contributed by atoms with Gasteiger partial charge in [0.2, 0.25) is 0 Å². The molecule has 4 aliphatic heterocycles. The van der Waals surface area contributed by atoms with Crippen LogP contribution in [-0.2, 0) is 88.3 Å². The zero-order valence-electron chi connectivity index (χ0n) is 46.6. The van der Waals surface area contributed by atoms with Crippen molar-refractivity contribution >= 4 is 20.2 Å². The molecule has 2 atom stereocenters. The minimum absolute atomic E-state index is 0. The molecule has 85 heavy (non-hydrogen) atoms. The van der Waals surface area contributed by atoms with Gasteiger partial charge >= 0.3 is 31.3 Å². The third kappa shape index (κ3) is 25.2. The van der Waals surface area contributed by atoms with E-state index in [-0.39, 0.29) is 17.1 Å². The van der Waals surface area contributed by atoms with Gasteiger partial charge in [-0.1, -0.05) is 24.3 Å². The Kier molecular flexibility index (Phi) is 30.7. The van der Waals surface area contributed by atoms with Crippen molar-refractivity contribution in [3.63, 3.8) is 0 Å².